The average molecular weight is 539 g/mol. The van der Waals surface area contributed by atoms with Crippen molar-refractivity contribution in [3.8, 4) is 17.0 Å². The highest BCUT2D eigenvalue weighted by Crippen LogP contribution is 2.36. The Hall–Kier alpha value is -3.54. The van der Waals surface area contributed by atoms with Crippen molar-refractivity contribution >= 4 is 44.0 Å². The van der Waals surface area contributed by atoms with Crippen LogP contribution in [0.3, 0.4) is 0 Å². The van der Waals surface area contributed by atoms with Gasteiger partial charge in [-0.1, -0.05) is 12.5 Å². The van der Waals surface area contributed by atoms with Gasteiger partial charge in [0.25, 0.3) is 11.8 Å². The van der Waals surface area contributed by atoms with Crippen molar-refractivity contribution in [1.29, 1.82) is 0 Å². The van der Waals surface area contributed by atoms with Crippen molar-refractivity contribution < 1.29 is 22.7 Å². The fraction of sp³-hybridized carbons (Fsp3) is 0.269. The molecule has 0 radical (unpaired) electrons. The van der Waals surface area contributed by atoms with Crippen LogP contribution in [0.5, 0.6) is 5.75 Å². The molecule has 2 amide bonds. The molecular formula is C26H26N4O5S2. The minimum absolute atomic E-state index is 0.0156. The summed E-state index contributed by atoms with van der Waals surface area (Å²) in [5.74, 6) is 0.0784. The average Bonchev–Trinajstić information content (AvgIpc) is 3.39. The van der Waals surface area contributed by atoms with Gasteiger partial charge in [-0.15, -0.1) is 17.9 Å². The van der Waals surface area contributed by atoms with Gasteiger partial charge in [0.2, 0.25) is 10.0 Å². The minimum Gasteiger partial charge on any atom is -0.482 e. The second kappa shape index (κ2) is 10.4. The van der Waals surface area contributed by atoms with Gasteiger partial charge in [-0.05, 0) is 55.3 Å². The third-order valence-corrected chi connectivity index (χ3v) is 8.97. The summed E-state index contributed by atoms with van der Waals surface area (Å²) in [6.07, 6.45) is 4.42. The molecule has 9 nitrogen and oxygen atoms in total. The lowest BCUT2D eigenvalue weighted by atomic mass is 10.1. The number of nitrogens with one attached hydrogen (secondary N) is 1. The number of benzene rings is 2. The first-order chi connectivity index (χ1) is 17.9. The SMILES string of the molecule is C=CCN1C(=O)COc2ccc(-c3csc(NC(=O)c4ccc(S(=O)(=O)N5CCCCC5)cc4)n3)cc21. The molecule has 1 fully saturated rings. The maximum atomic E-state index is 12.8. The molecule has 192 valence electrons. The second-order valence-electron chi connectivity index (χ2n) is 8.75. The van der Waals surface area contributed by atoms with Gasteiger partial charge in [0.15, 0.2) is 11.7 Å². The second-order valence-corrected chi connectivity index (χ2v) is 11.5. The van der Waals surface area contributed by atoms with Crippen LogP contribution < -0.4 is 15.0 Å². The maximum Gasteiger partial charge on any atom is 0.265 e. The van der Waals surface area contributed by atoms with E-state index >= 15 is 0 Å². The molecular weight excluding hydrogens is 512 g/mol. The number of carbonyl (C=O) groups excluding carboxylic acids is 2. The molecule has 0 bridgehead atoms. The van der Waals surface area contributed by atoms with Gasteiger partial charge >= 0.3 is 0 Å². The monoisotopic (exact) mass is 538 g/mol. The normalized spacial score (nSPS) is 16.1. The lowest BCUT2D eigenvalue weighted by Gasteiger charge is -2.28. The predicted molar refractivity (Wildman–Crippen MR) is 143 cm³/mol. The molecule has 1 N–H and O–H groups in total. The third kappa shape index (κ3) is 5.15. The molecule has 0 unspecified atom stereocenters. The molecule has 2 aliphatic heterocycles. The van der Waals surface area contributed by atoms with E-state index < -0.39 is 10.0 Å². The smallest absolute Gasteiger partial charge is 0.265 e. The highest BCUT2D eigenvalue weighted by Gasteiger charge is 2.27. The lowest BCUT2D eigenvalue weighted by molar-refractivity contribution is -0.121. The number of fused-ring (bicyclic) bond motifs is 1. The molecule has 2 aliphatic rings. The molecule has 3 aromatic rings. The van der Waals surface area contributed by atoms with Crippen LogP contribution in [0.4, 0.5) is 10.8 Å². The Bertz CT molecular complexity index is 1440. The number of piperidine rings is 1. The van der Waals surface area contributed by atoms with Crippen LogP contribution in [-0.4, -0.2) is 55.8 Å². The van der Waals surface area contributed by atoms with E-state index in [1.165, 1.54) is 39.9 Å². The van der Waals surface area contributed by atoms with Crippen molar-refractivity contribution in [3.05, 3.63) is 66.1 Å². The first-order valence-electron chi connectivity index (χ1n) is 11.9. The van der Waals surface area contributed by atoms with Gasteiger partial charge in [-0.3, -0.25) is 14.9 Å². The molecule has 0 spiro atoms. The van der Waals surface area contributed by atoms with E-state index in [1.807, 2.05) is 17.5 Å². The topological polar surface area (TPSA) is 109 Å². The van der Waals surface area contributed by atoms with Gasteiger partial charge in [0.1, 0.15) is 5.75 Å². The van der Waals surface area contributed by atoms with Gasteiger partial charge < -0.3 is 9.64 Å². The van der Waals surface area contributed by atoms with Crippen LogP contribution in [0, 0.1) is 0 Å². The molecule has 3 heterocycles. The Balaban J connectivity index is 1.29. The van der Waals surface area contributed by atoms with Crippen molar-refractivity contribution in [2.75, 3.05) is 36.5 Å². The first-order valence-corrected chi connectivity index (χ1v) is 14.2. The Morgan fingerprint density at radius 3 is 2.62 bits per heavy atom. The number of hydrogen-bond acceptors (Lipinski definition) is 7. The highest BCUT2D eigenvalue weighted by atomic mass is 32.2. The number of anilines is 2. The number of rotatable bonds is 7. The van der Waals surface area contributed by atoms with Crippen LogP contribution in [0.15, 0.2) is 65.4 Å². The van der Waals surface area contributed by atoms with Crippen LogP contribution >= 0.6 is 11.3 Å². The molecule has 0 saturated carbocycles. The Morgan fingerprint density at radius 2 is 1.89 bits per heavy atom. The highest BCUT2D eigenvalue weighted by molar-refractivity contribution is 7.89. The summed E-state index contributed by atoms with van der Waals surface area (Å²) in [6.45, 7) is 5.12. The van der Waals surface area contributed by atoms with E-state index in [9.17, 15) is 18.0 Å². The van der Waals surface area contributed by atoms with Gasteiger partial charge in [-0.25, -0.2) is 13.4 Å². The first kappa shape index (κ1) is 25.1. The van der Waals surface area contributed by atoms with E-state index in [0.717, 1.165) is 24.8 Å². The fourth-order valence-corrected chi connectivity index (χ4v) is 6.59. The van der Waals surface area contributed by atoms with E-state index in [2.05, 4.69) is 16.9 Å². The summed E-state index contributed by atoms with van der Waals surface area (Å²) in [6, 6.07) is 11.4. The predicted octanol–water partition coefficient (Wildman–Crippen LogP) is 4.15. The van der Waals surface area contributed by atoms with E-state index in [4.69, 9.17) is 4.74 Å². The number of nitrogens with zero attached hydrogens (tertiary/aromatic N) is 3. The molecule has 1 aromatic heterocycles. The molecule has 1 saturated heterocycles. The summed E-state index contributed by atoms with van der Waals surface area (Å²) in [7, 11) is -3.56. The summed E-state index contributed by atoms with van der Waals surface area (Å²) in [5.41, 5.74) is 2.39. The van der Waals surface area contributed by atoms with Gasteiger partial charge in [0.05, 0.1) is 16.3 Å². The summed E-state index contributed by atoms with van der Waals surface area (Å²) in [5, 5.41) is 4.99. The maximum absolute atomic E-state index is 12.8. The number of hydrogen-bond donors (Lipinski definition) is 1. The van der Waals surface area contributed by atoms with Crippen molar-refractivity contribution in [1.82, 2.24) is 9.29 Å². The Kier molecular flexibility index (Phi) is 7.09. The van der Waals surface area contributed by atoms with E-state index in [0.29, 0.717) is 47.5 Å². The standard InChI is InChI=1S/C26H26N4O5S2/c1-2-12-30-22-15-19(8-11-23(22)35-16-24(30)31)21-17-36-26(27-21)28-25(32)18-6-9-20(10-7-18)37(33,34)29-13-4-3-5-14-29/h2,6-11,15,17H,1,3-5,12-14,16H2,(H,27,28,32). The number of sulfonamides is 1. The van der Waals surface area contributed by atoms with Crippen LogP contribution in [0.25, 0.3) is 11.3 Å². The molecule has 11 heteroatoms. The summed E-state index contributed by atoms with van der Waals surface area (Å²) in [4.78, 5) is 31.4. The number of ether oxygens (including phenoxy) is 1. The van der Waals surface area contributed by atoms with Crippen molar-refractivity contribution in [2.45, 2.75) is 24.2 Å². The summed E-state index contributed by atoms with van der Waals surface area (Å²) < 4.78 is 32.7. The molecule has 2 aromatic carbocycles. The van der Waals surface area contributed by atoms with E-state index in [-0.39, 0.29) is 23.3 Å². The van der Waals surface area contributed by atoms with Crippen molar-refractivity contribution in [2.24, 2.45) is 0 Å². The van der Waals surface area contributed by atoms with Crippen LogP contribution in [0.2, 0.25) is 0 Å². The fourth-order valence-electron chi connectivity index (χ4n) is 4.36. The molecule has 5 rings (SSSR count). The largest absolute Gasteiger partial charge is 0.482 e. The number of aromatic nitrogens is 1. The number of amides is 2. The third-order valence-electron chi connectivity index (χ3n) is 6.30. The zero-order valence-corrected chi connectivity index (χ0v) is 21.7. The van der Waals surface area contributed by atoms with Gasteiger partial charge in [-0.2, -0.15) is 4.31 Å². The van der Waals surface area contributed by atoms with Crippen LogP contribution in [-0.2, 0) is 14.8 Å². The van der Waals surface area contributed by atoms with Gasteiger partial charge in [0, 0.05) is 36.1 Å². The van der Waals surface area contributed by atoms with E-state index in [1.54, 1.807) is 17.0 Å². The zero-order valence-electron chi connectivity index (χ0n) is 20.1. The number of thiazole rings is 1. The van der Waals surface area contributed by atoms with Crippen molar-refractivity contribution in [3.63, 3.8) is 0 Å². The lowest BCUT2D eigenvalue weighted by Crippen LogP contribution is -2.38. The zero-order chi connectivity index (χ0) is 26.0. The summed E-state index contributed by atoms with van der Waals surface area (Å²) >= 11 is 1.27. The Labute approximate surface area is 219 Å². The van der Waals surface area contributed by atoms with Crippen LogP contribution in [0.1, 0.15) is 29.6 Å². The minimum atomic E-state index is -3.56. The number of carbonyl (C=O) groups is 2. The molecule has 37 heavy (non-hydrogen) atoms. The Morgan fingerprint density at radius 1 is 1.14 bits per heavy atom. The quantitative estimate of drug-likeness (QED) is 0.453. The molecule has 0 aliphatic carbocycles. The molecule has 0 atom stereocenters.